The summed E-state index contributed by atoms with van der Waals surface area (Å²) in [6.07, 6.45) is 1.17. The first-order chi connectivity index (χ1) is 16.0. The summed E-state index contributed by atoms with van der Waals surface area (Å²) in [5.74, 6) is 2.91. The summed E-state index contributed by atoms with van der Waals surface area (Å²) in [7, 11) is 3.27. The molecule has 2 aromatic carbocycles. The summed E-state index contributed by atoms with van der Waals surface area (Å²) in [6.45, 7) is 6.71. The molecule has 0 aliphatic rings. The van der Waals surface area contributed by atoms with E-state index in [1.165, 1.54) is 0 Å². The first kappa shape index (κ1) is 22.5. The number of carbonyl (C=O) groups is 1. The van der Waals surface area contributed by atoms with Crippen molar-refractivity contribution in [2.24, 2.45) is 0 Å². The lowest BCUT2D eigenvalue weighted by atomic mass is 10.1. The maximum Gasteiger partial charge on any atom is 0.225 e. The summed E-state index contributed by atoms with van der Waals surface area (Å²) >= 11 is 0. The van der Waals surface area contributed by atoms with Gasteiger partial charge in [-0.25, -0.2) is 4.98 Å². The number of para-hydroxylation sites is 2. The average Bonchev–Trinajstić information content (AvgIpc) is 3.35. The highest BCUT2D eigenvalue weighted by Gasteiger charge is 2.23. The van der Waals surface area contributed by atoms with E-state index in [2.05, 4.69) is 28.7 Å². The highest BCUT2D eigenvalue weighted by Crippen LogP contribution is 2.36. The van der Waals surface area contributed by atoms with Gasteiger partial charge in [-0.1, -0.05) is 25.1 Å². The van der Waals surface area contributed by atoms with Crippen molar-refractivity contribution < 1.29 is 14.3 Å². The van der Waals surface area contributed by atoms with Crippen LogP contribution in [-0.2, 0) is 17.8 Å². The molecule has 1 amide bonds. The monoisotopic (exact) mass is 446 g/mol. The second-order valence-corrected chi connectivity index (χ2v) is 8.03. The quantitative estimate of drug-likeness (QED) is 0.387. The molecular formula is C26H30N4O3. The minimum atomic E-state index is -0.0303. The van der Waals surface area contributed by atoms with E-state index in [0.29, 0.717) is 24.5 Å². The highest BCUT2D eigenvalue weighted by molar-refractivity contribution is 5.95. The molecule has 0 unspecified atom stereocenters. The fourth-order valence-corrected chi connectivity index (χ4v) is 4.13. The van der Waals surface area contributed by atoms with E-state index in [1.54, 1.807) is 14.2 Å². The predicted octanol–water partition coefficient (Wildman–Crippen LogP) is 5.26. The topological polar surface area (TPSA) is 81.2 Å². The molecule has 0 radical (unpaired) electrons. The normalized spacial score (nSPS) is 11.1. The van der Waals surface area contributed by atoms with Crippen LogP contribution in [0.25, 0.3) is 22.4 Å². The van der Waals surface area contributed by atoms with E-state index in [4.69, 9.17) is 14.5 Å². The fraction of sp³-hybridized carbons (Fsp3) is 0.308. The van der Waals surface area contributed by atoms with Gasteiger partial charge in [-0.3, -0.25) is 4.79 Å². The van der Waals surface area contributed by atoms with Crippen LogP contribution in [0.5, 0.6) is 11.5 Å². The molecule has 2 N–H and O–H groups in total. The number of hydrogen-bond donors (Lipinski definition) is 2. The molecule has 0 spiro atoms. The van der Waals surface area contributed by atoms with E-state index in [0.717, 1.165) is 51.5 Å². The number of carbonyl (C=O) groups excluding carboxylic acids is 1. The van der Waals surface area contributed by atoms with Gasteiger partial charge in [-0.15, -0.1) is 0 Å². The lowest BCUT2D eigenvalue weighted by Crippen LogP contribution is -2.16. The highest BCUT2D eigenvalue weighted by atomic mass is 16.5. The molecule has 2 heterocycles. The Kier molecular flexibility index (Phi) is 6.40. The number of benzene rings is 2. The van der Waals surface area contributed by atoms with Gasteiger partial charge in [-0.2, -0.15) is 0 Å². The summed E-state index contributed by atoms with van der Waals surface area (Å²) in [5.41, 5.74) is 6.10. The minimum Gasteiger partial charge on any atom is -0.493 e. The first-order valence-electron chi connectivity index (χ1n) is 11.1. The van der Waals surface area contributed by atoms with Crippen molar-refractivity contribution in [1.82, 2.24) is 14.5 Å². The van der Waals surface area contributed by atoms with E-state index in [1.807, 2.05) is 49.4 Å². The summed E-state index contributed by atoms with van der Waals surface area (Å²) in [4.78, 5) is 20.7. The zero-order valence-corrected chi connectivity index (χ0v) is 19.8. The van der Waals surface area contributed by atoms with Crippen LogP contribution in [0.2, 0.25) is 0 Å². The fourth-order valence-electron chi connectivity index (χ4n) is 4.13. The number of aromatic amines is 1. The lowest BCUT2D eigenvalue weighted by Gasteiger charge is -2.14. The molecule has 172 valence electrons. The van der Waals surface area contributed by atoms with Crippen molar-refractivity contribution in [3.05, 3.63) is 59.3 Å². The van der Waals surface area contributed by atoms with Crippen molar-refractivity contribution >= 4 is 22.8 Å². The molecule has 0 saturated heterocycles. The van der Waals surface area contributed by atoms with Crippen molar-refractivity contribution in [3.63, 3.8) is 0 Å². The third-order valence-electron chi connectivity index (χ3n) is 6.11. The van der Waals surface area contributed by atoms with Gasteiger partial charge >= 0.3 is 0 Å². The number of H-pyrrole nitrogens is 1. The minimum absolute atomic E-state index is 0.0303. The number of amides is 1. The SMILES string of the molecule is CCC(=O)Nc1c(-c2nc3ccccc3[nH]2)c(C)c(C)n1CCc1ccc(OC)c(OC)c1. The molecule has 0 fully saturated rings. The molecule has 7 nitrogen and oxygen atoms in total. The lowest BCUT2D eigenvalue weighted by molar-refractivity contribution is -0.115. The van der Waals surface area contributed by atoms with Crippen LogP contribution in [-0.4, -0.2) is 34.7 Å². The van der Waals surface area contributed by atoms with Crippen molar-refractivity contribution in [3.8, 4) is 22.9 Å². The maximum absolute atomic E-state index is 12.5. The Labute approximate surface area is 193 Å². The number of fused-ring (bicyclic) bond motifs is 1. The van der Waals surface area contributed by atoms with Gasteiger partial charge in [-0.05, 0) is 55.7 Å². The molecule has 0 atom stereocenters. The van der Waals surface area contributed by atoms with Crippen LogP contribution >= 0.6 is 0 Å². The molecule has 33 heavy (non-hydrogen) atoms. The van der Waals surface area contributed by atoms with Crippen molar-refractivity contribution in [1.29, 1.82) is 0 Å². The second kappa shape index (κ2) is 9.40. The molecule has 4 aromatic rings. The number of aryl methyl sites for hydroxylation is 1. The molecule has 4 rings (SSSR count). The van der Waals surface area contributed by atoms with Gasteiger partial charge in [0, 0.05) is 18.7 Å². The molecule has 7 heteroatoms. The number of imidazole rings is 1. The third kappa shape index (κ3) is 4.31. The standard InChI is InChI=1S/C26H30N4O3/c1-6-23(31)29-26-24(25-27-19-9-7-8-10-20(19)28-25)16(2)17(3)30(26)14-13-18-11-12-21(32-4)22(15-18)33-5/h7-12,15H,6,13-14H2,1-5H3,(H,27,28)(H,29,31). The largest absolute Gasteiger partial charge is 0.493 e. The molecule has 2 aromatic heterocycles. The Hall–Kier alpha value is -3.74. The van der Waals surface area contributed by atoms with Gasteiger partial charge in [0.25, 0.3) is 0 Å². The number of anilines is 1. The molecule has 0 aliphatic carbocycles. The van der Waals surface area contributed by atoms with Crippen LogP contribution in [0.15, 0.2) is 42.5 Å². The van der Waals surface area contributed by atoms with E-state index in [-0.39, 0.29) is 5.91 Å². The van der Waals surface area contributed by atoms with Crippen LogP contribution in [0.3, 0.4) is 0 Å². The number of methoxy groups -OCH3 is 2. The van der Waals surface area contributed by atoms with Crippen molar-refractivity contribution in [2.45, 2.75) is 40.2 Å². The number of ether oxygens (including phenoxy) is 2. The van der Waals surface area contributed by atoms with Crippen LogP contribution in [0.1, 0.15) is 30.2 Å². The Balaban J connectivity index is 1.74. The predicted molar refractivity (Wildman–Crippen MR) is 131 cm³/mol. The Morgan fingerprint density at radius 3 is 2.55 bits per heavy atom. The second-order valence-electron chi connectivity index (χ2n) is 8.03. The summed E-state index contributed by atoms with van der Waals surface area (Å²) in [5, 5.41) is 3.13. The van der Waals surface area contributed by atoms with Crippen LogP contribution in [0, 0.1) is 13.8 Å². The van der Waals surface area contributed by atoms with Gasteiger partial charge in [0.2, 0.25) is 5.91 Å². The smallest absolute Gasteiger partial charge is 0.225 e. The first-order valence-corrected chi connectivity index (χ1v) is 11.1. The Morgan fingerprint density at radius 1 is 1.09 bits per heavy atom. The van der Waals surface area contributed by atoms with Gasteiger partial charge in [0.1, 0.15) is 11.6 Å². The number of nitrogens with zero attached hydrogens (tertiary/aromatic N) is 2. The van der Waals surface area contributed by atoms with Crippen molar-refractivity contribution in [2.75, 3.05) is 19.5 Å². The Morgan fingerprint density at radius 2 is 1.85 bits per heavy atom. The van der Waals surface area contributed by atoms with Gasteiger partial charge in [0.15, 0.2) is 11.5 Å². The molecule has 0 aliphatic heterocycles. The summed E-state index contributed by atoms with van der Waals surface area (Å²) < 4.78 is 13.0. The summed E-state index contributed by atoms with van der Waals surface area (Å²) in [6, 6.07) is 13.9. The molecule has 0 saturated carbocycles. The number of rotatable bonds is 8. The third-order valence-corrected chi connectivity index (χ3v) is 6.11. The number of nitrogens with one attached hydrogen (secondary N) is 2. The zero-order valence-electron chi connectivity index (χ0n) is 19.8. The zero-order chi connectivity index (χ0) is 23.5. The molecule has 0 bridgehead atoms. The Bertz CT molecular complexity index is 1270. The van der Waals surface area contributed by atoms with E-state index in [9.17, 15) is 4.79 Å². The number of hydrogen-bond acceptors (Lipinski definition) is 4. The van der Waals surface area contributed by atoms with Gasteiger partial charge < -0.3 is 24.3 Å². The average molecular weight is 447 g/mol. The molecular weight excluding hydrogens is 416 g/mol. The van der Waals surface area contributed by atoms with Gasteiger partial charge in [0.05, 0.1) is 30.8 Å². The van der Waals surface area contributed by atoms with E-state index < -0.39 is 0 Å². The maximum atomic E-state index is 12.5. The number of aromatic nitrogens is 3. The van der Waals surface area contributed by atoms with E-state index >= 15 is 0 Å². The van der Waals surface area contributed by atoms with Crippen LogP contribution < -0.4 is 14.8 Å². The van der Waals surface area contributed by atoms with Crippen LogP contribution in [0.4, 0.5) is 5.82 Å².